The summed E-state index contributed by atoms with van der Waals surface area (Å²) in [6.07, 6.45) is 0.759. The maximum atomic E-state index is 12.6. The molecule has 1 saturated carbocycles. The van der Waals surface area contributed by atoms with Gasteiger partial charge in [0.15, 0.2) is 5.60 Å². The summed E-state index contributed by atoms with van der Waals surface area (Å²) in [5, 5.41) is 12.5. The van der Waals surface area contributed by atoms with E-state index < -0.39 is 11.2 Å². The molecule has 3 nitrogen and oxygen atoms in total. The fourth-order valence-corrected chi connectivity index (χ4v) is 6.79. The molecule has 1 fully saturated rings. The maximum Gasteiger partial charge on any atom is 0.303 e. The lowest BCUT2D eigenvalue weighted by molar-refractivity contribution is -0.157. The van der Waals surface area contributed by atoms with E-state index in [4.69, 9.17) is 4.74 Å². The van der Waals surface area contributed by atoms with Crippen LogP contribution in [0.2, 0.25) is 0 Å². The Hall–Kier alpha value is -3.69. The van der Waals surface area contributed by atoms with Crippen LogP contribution in [0.4, 0.5) is 0 Å². The van der Waals surface area contributed by atoms with Crippen molar-refractivity contribution in [3.8, 4) is 22.3 Å². The highest BCUT2D eigenvalue weighted by Gasteiger charge is 2.67. The summed E-state index contributed by atoms with van der Waals surface area (Å²) in [5.74, 6) is -0.447. The molecule has 0 spiro atoms. The average Bonchev–Trinajstić information content (AvgIpc) is 3.59. The van der Waals surface area contributed by atoms with Crippen molar-refractivity contribution in [2.75, 3.05) is 0 Å². The Morgan fingerprint density at radius 3 is 1.50 bits per heavy atom. The first-order chi connectivity index (χ1) is 16.6. The second-order valence-electron chi connectivity index (χ2n) is 9.73. The highest BCUT2D eigenvalue weighted by Crippen LogP contribution is 2.69. The smallest absolute Gasteiger partial charge is 0.303 e. The topological polar surface area (TPSA) is 46.5 Å². The molecule has 3 heteroatoms. The molecule has 0 amide bonds. The Morgan fingerprint density at radius 2 is 1.06 bits per heavy atom. The van der Waals surface area contributed by atoms with Gasteiger partial charge in [-0.1, -0.05) is 97.1 Å². The Kier molecular flexibility index (Phi) is 3.88. The number of hydrogen-bond acceptors (Lipinski definition) is 3. The van der Waals surface area contributed by atoms with Crippen molar-refractivity contribution in [2.24, 2.45) is 11.8 Å². The normalized spacial score (nSPS) is 21.7. The molecule has 7 rings (SSSR count). The van der Waals surface area contributed by atoms with Crippen molar-refractivity contribution in [3.05, 3.63) is 119 Å². The van der Waals surface area contributed by atoms with Gasteiger partial charge in [-0.05, 0) is 39.8 Å². The van der Waals surface area contributed by atoms with Crippen molar-refractivity contribution in [2.45, 2.75) is 24.5 Å². The molecule has 3 aliphatic carbocycles. The fraction of sp³-hybridized carbons (Fsp3) is 0.194. The van der Waals surface area contributed by atoms with Crippen molar-refractivity contribution < 1.29 is 14.6 Å². The van der Waals surface area contributed by atoms with Crippen LogP contribution in [-0.4, -0.2) is 11.1 Å². The van der Waals surface area contributed by atoms with Gasteiger partial charge in [-0.3, -0.25) is 4.79 Å². The molecule has 2 atom stereocenters. The molecule has 166 valence electrons. The van der Waals surface area contributed by atoms with Crippen LogP contribution in [0, 0.1) is 11.8 Å². The molecule has 4 aromatic rings. The number of fused-ring (bicyclic) bond motifs is 6. The summed E-state index contributed by atoms with van der Waals surface area (Å²) in [6, 6.07) is 32.7. The minimum atomic E-state index is -1.13. The van der Waals surface area contributed by atoms with Crippen molar-refractivity contribution in [1.29, 1.82) is 0 Å². The van der Waals surface area contributed by atoms with Gasteiger partial charge in [-0.25, -0.2) is 0 Å². The van der Waals surface area contributed by atoms with Crippen LogP contribution in [0.15, 0.2) is 97.1 Å². The van der Waals surface area contributed by atoms with Gasteiger partial charge in [-0.2, -0.15) is 0 Å². The molecule has 0 saturated heterocycles. The van der Waals surface area contributed by atoms with Gasteiger partial charge in [0.2, 0.25) is 0 Å². The van der Waals surface area contributed by atoms with E-state index in [9.17, 15) is 9.90 Å². The molecular formula is C31H24O3. The van der Waals surface area contributed by atoms with Crippen LogP contribution in [0.1, 0.15) is 35.6 Å². The van der Waals surface area contributed by atoms with Crippen LogP contribution in [0.25, 0.3) is 22.3 Å². The van der Waals surface area contributed by atoms with Crippen LogP contribution >= 0.6 is 0 Å². The third-order valence-electron chi connectivity index (χ3n) is 8.06. The number of benzene rings is 4. The Morgan fingerprint density at radius 1 is 0.676 bits per heavy atom. The van der Waals surface area contributed by atoms with Crippen molar-refractivity contribution in [1.82, 2.24) is 0 Å². The predicted molar refractivity (Wildman–Crippen MR) is 131 cm³/mol. The number of esters is 1. The average molecular weight is 445 g/mol. The summed E-state index contributed by atoms with van der Waals surface area (Å²) < 4.78 is 6.34. The lowest BCUT2D eigenvalue weighted by atomic mass is 9.79. The number of ether oxygens (including phenoxy) is 1. The maximum absolute atomic E-state index is 12.6. The van der Waals surface area contributed by atoms with Crippen LogP contribution < -0.4 is 0 Å². The molecule has 0 bridgehead atoms. The van der Waals surface area contributed by atoms with Crippen molar-refractivity contribution >= 4 is 5.97 Å². The first kappa shape index (κ1) is 19.7. The van der Waals surface area contributed by atoms with E-state index in [1.54, 1.807) is 0 Å². The second kappa shape index (κ2) is 6.68. The number of carbonyl (C=O) groups is 1. The molecule has 34 heavy (non-hydrogen) atoms. The van der Waals surface area contributed by atoms with E-state index in [2.05, 4.69) is 36.4 Å². The minimum Gasteiger partial charge on any atom is -0.449 e. The second-order valence-corrected chi connectivity index (χ2v) is 9.73. The SMILES string of the molecule is CC(=O)OC1(C2CC2C2(O)c3ccccc3-c3ccccc32)c2ccccc2-c2ccccc21. The standard InChI is InChI=1S/C31H24O3/c1-19(32)34-31(26-16-8-4-12-22(26)23-13-5-9-17-27(23)31)29-18-28(29)30(33)24-14-6-2-10-20(24)21-11-3-7-15-25(21)30/h2-17,28-29,33H,18H2,1H3. The summed E-state index contributed by atoms with van der Waals surface area (Å²) >= 11 is 0. The van der Waals surface area contributed by atoms with Gasteiger partial charge in [0.1, 0.15) is 5.60 Å². The first-order valence-corrected chi connectivity index (χ1v) is 11.9. The highest BCUT2D eigenvalue weighted by atomic mass is 16.6. The zero-order valence-corrected chi connectivity index (χ0v) is 18.9. The van der Waals surface area contributed by atoms with E-state index in [1.807, 2.05) is 60.7 Å². The lowest BCUT2D eigenvalue weighted by Gasteiger charge is -2.35. The molecule has 3 aliphatic rings. The Labute approximate surface area is 198 Å². The Balaban J connectivity index is 1.44. The van der Waals surface area contributed by atoms with Gasteiger partial charge in [0.25, 0.3) is 0 Å². The van der Waals surface area contributed by atoms with Crippen LogP contribution in [-0.2, 0) is 20.7 Å². The molecule has 2 unspecified atom stereocenters. The molecule has 0 radical (unpaired) electrons. The quantitative estimate of drug-likeness (QED) is 0.393. The van der Waals surface area contributed by atoms with Crippen LogP contribution in [0.3, 0.4) is 0 Å². The summed E-state index contributed by atoms with van der Waals surface area (Å²) in [7, 11) is 0. The van der Waals surface area contributed by atoms with Crippen molar-refractivity contribution in [3.63, 3.8) is 0 Å². The third kappa shape index (κ3) is 2.32. The number of hydrogen-bond donors (Lipinski definition) is 1. The summed E-state index contributed by atoms with van der Waals surface area (Å²) in [5.41, 5.74) is 6.25. The fourth-order valence-electron chi connectivity index (χ4n) is 6.79. The van der Waals surface area contributed by atoms with Gasteiger partial charge >= 0.3 is 5.97 Å². The number of carbonyl (C=O) groups excluding carboxylic acids is 1. The molecule has 4 aromatic carbocycles. The minimum absolute atomic E-state index is 0.0505. The van der Waals surface area contributed by atoms with Gasteiger partial charge in [-0.15, -0.1) is 0 Å². The number of aliphatic hydroxyl groups is 1. The zero-order chi connectivity index (χ0) is 23.1. The monoisotopic (exact) mass is 444 g/mol. The molecule has 0 aliphatic heterocycles. The largest absolute Gasteiger partial charge is 0.449 e. The predicted octanol–water partition coefficient (Wildman–Crippen LogP) is 6.03. The third-order valence-corrected chi connectivity index (χ3v) is 8.06. The van der Waals surface area contributed by atoms with Gasteiger partial charge in [0.05, 0.1) is 0 Å². The van der Waals surface area contributed by atoms with Crippen LogP contribution in [0.5, 0.6) is 0 Å². The first-order valence-electron chi connectivity index (χ1n) is 11.9. The van der Waals surface area contributed by atoms with E-state index >= 15 is 0 Å². The summed E-state index contributed by atoms with van der Waals surface area (Å²) in [6.45, 7) is 1.48. The van der Waals surface area contributed by atoms with Gasteiger partial charge < -0.3 is 9.84 Å². The van der Waals surface area contributed by atoms with E-state index in [1.165, 1.54) is 6.92 Å². The van der Waals surface area contributed by atoms with E-state index in [-0.39, 0.29) is 17.8 Å². The molecule has 1 N–H and O–H groups in total. The number of rotatable bonds is 3. The zero-order valence-electron chi connectivity index (χ0n) is 18.9. The summed E-state index contributed by atoms with van der Waals surface area (Å²) in [4.78, 5) is 12.6. The highest BCUT2D eigenvalue weighted by molar-refractivity contribution is 5.84. The van der Waals surface area contributed by atoms with E-state index in [0.717, 1.165) is 50.9 Å². The Bertz CT molecular complexity index is 1390. The molecule has 0 aromatic heterocycles. The van der Waals surface area contributed by atoms with E-state index in [0.29, 0.717) is 0 Å². The van der Waals surface area contributed by atoms with Gasteiger partial charge in [0, 0.05) is 29.9 Å². The molecular weight excluding hydrogens is 420 g/mol. The molecule has 0 heterocycles. The lowest BCUT2D eigenvalue weighted by Crippen LogP contribution is -2.38.